The van der Waals surface area contributed by atoms with Crippen molar-refractivity contribution in [2.75, 3.05) is 19.0 Å². The monoisotopic (exact) mass is 335 g/mol. The van der Waals surface area contributed by atoms with Crippen molar-refractivity contribution in [3.05, 3.63) is 63.6 Å². The van der Waals surface area contributed by atoms with Crippen molar-refractivity contribution in [3.8, 4) is 0 Å². The minimum atomic E-state index is -0.276. The summed E-state index contributed by atoms with van der Waals surface area (Å²) in [6.07, 6.45) is 1.51. The average molecular weight is 336 g/mol. The Morgan fingerprint density at radius 1 is 1.09 bits per heavy atom. The fourth-order valence-electron chi connectivity index (χ4n) is 1.73. The third kappa shape index (κ3) is 4.23. The van der Waals surface area contributed by atoms with Crippen molar-refractivity contribution in [2.45, 2.75) is 0 Å². The average Bonchev–Trinajstić information content (AvgIpc) is 2.51. The molecular weight excluding hydrogens is 321 g/mol. The van der Waals surface area contributed by atoms with Crippen LogP contribution in [-0.4, -0.2) is 26.2 Å². The summed E-state index contributed by atoms with van der Waals surface area (Å²) in [6.45, 7) is 0. The van der Waals surface area contributed by atoms with Crippen molar-refractivity contribution < 1.29 is 4.79 Å². The Morgan fingerprint density at radius 3 is 2.36 bits per heavy atom. The number of nitrogens with one attached hydrogen (secondary N) is 1. The molecule has 0 aliphatic carbocycles. The van der Waals surface area contributed by atoms with Gasteiger partial charge in [-0.25, -0.2) is 5.43 Å². The minimum Gasteiger partial charge on any atom is -0.378 e. The molecule has 0 spiro atoms. The molecule has 1 N–H and O–H groups in total. The second kappa shape index (κ2) is 7.29. The van der Waals surface area contributed by atoms with Crippen LogP contribution in [0.2, 0.25) is 10.0 Å². The van der Waals surface area contributed by atoms with Crippen LogP contribution >= 0.6 is 23.2 Å². The van der Waals surface area contributed by atoms with Crippen LogP contribution in [0.5, 0.6) is 0 Å². The molecule has 0 atom stereocenters. The number of benzene rings is 2. The van der Waals surface area contributed by atoms with E-state index in [0.717, 1.165) is 11.3 Å². The lowest BCUT2D eigenvalue weighted by Crippen LogP contribution is -2.17. The molecule has 114 valence electrons. The molecule has 0 aromatic heterocycles. The Bertz CT molecular complexity index is 697. The number of carbonyl (C=O) groups is 1. The lowest BCUT2D eigenvalue weighted by Gasteiger charge is -2.12. The van der Waals surface area contributed by atoms with Crippen LogP contribution in [0.25, 0.3) is 0 Å². The summed E-state index contributed by atoms with van der Waals surface area (Å²) in [4.78, 5) is 13.9. The predicted molar refractivity (Wildman–Crippen MR) is 92.3 cm³/mol. The van der Waals surface area contributed by atoms with E-state index in [4.69, 9.17) is 23.2 Å². The highest BCUT2D eigenvalue weighted by molar-refractivity contribution is 6.42. The maximum absolute atomic E-state index is 12.0. The van der Waals surface area contributed by atoms with Gasteiger partial charge in [-0.3, -0.25) is 4.79 Å². The normalized spacial score (nSPS) is 10.7. The summed E-state index contributed by atoms with van der Waals surface area (Å²) in [5, 5.41) is 4.83. The SMILES string of the molecule is CN(C)c1ccc(C(=O)NN=Cc2ccc(Cl)c(Cl)c2)cc1. The molecule has 22 heavy (non-hydrogen) atoms. The zero-order valence-electron chi connectivity index (χ0n) is 12.2. The van der Waals surface area contributed by atoms with Crippen LogP contribution in [-0.2, 0) is 0 Å². The summed E-state index contributed by atoms with van der Waals surface area (Å²) in [5.41, 5.74) is 4.78. The molecule has 0 saturated heterocycles. The van der Waals surface area contributed by atoms with E-state index in [9.17, 15) is 4.79 Å². The standard InChI is InChI=1S/C16H15Cl2N3O/c1-21(2)13-6-4-12(5-7-13)16(22)20-19-10-11-3-8-14(17)15(18)9-11/h3-10H,1-2H3,(H,20,22). The number of amides is 1. The molecule has 0 saturated carbocycles. The Balaban J connectivity index is 1.99. The van der Waals surface area contributed by atoms with Gasteiger partial charge < -0.3 is 4.90 Å². The van der Waals surface area contributed by atoms with E-state index < -0.39 is 0 Å². The highest BCUT2D eigenvalue weighted by Crippen LogP contribution is 2.21. The Labute approximate surface area is 139 Å². The highest BCUT2D eigenvalue weighted by atomic mass is 35.5. The van der Waals surface area contributed by atoms with Crippen LogP contribution in [0.15, 0.2) is 47.6 Å². The van der Waals surface area contributed by atoms with Gasteiger partial charge in [-0.15, -0.1) is 0 Å². The third-order valence-electron chi connectivity index (χ3n) is 2.97. The summed E-state index contributed by atoms with van der Waals surface area (Å²) in [5.74, 6) is -0.276. The van der Waals surface area contributed by atoms with E-state index in [1.807, 2.05) is 31.1 Å². The summed E-state index contributed by atoms with van der Waals surface area (Å²) >= 11 is 11.7. The molecule has 6 heteroatoms. The van der Waals surface area contributed by atoms with Gasteiger partial charge in [0.2, 0.25) is 0 Å². The Hall–Kier alpha value is -2.04. The smallest absolute Gasteiger partial charge is 0.271 e. The first kappa shape index (κ1) is 16.3. The van der Waals surface area contributed by atoms with Crippen LogP contribution in [0.4, 0.5) is 5.69 Å². The molecule has 0 heterocycles. The van der Waals surface area contributed by atoms with Gasteiger partial charge in [-0.05, 0) is 42.0 Å². The molecule has 0 aliphatic rings. The van der Waals surface area contributed by atoms with Gasteiger partial charge in [0.15, 0.2) is 0 Å². The van der Waals surface area contributed by atoms with Crippen LogP contribution < -0.4 is 10.3 Å². The number of hydrogen-bond acceptors (Lipinski definition) is 3. The quantitative estimate of drug-likeness (QED) is 0.681. The molecule has 2 aromatic carbocycles. The minimum absolute atomic E-state index is 0.276. The van der Waals surface area contributed by atoms with Gasteiger partial charge in [0, 0.05) is 25.3 Å². The van der Waals surface area contributed by atoms with Gasteiger partial charge in [0.1, 0.15) is 0 Å². The third-order valence-corrected chi connectivity index (χ3v) is 3.71. The molecule has 0 aliphatic heterocycles. The topological polar surface area (TPSA) is 44.7 Å². The van der Waals surface area contributed by atoms with Gasteiger partial charge in [-0.2, -0.15) is 5.10 Å². The molecule has 0 unspecified atom stereocenters. The summed E-state index contributed by atoms with van der Waals surface area (Å²) in [7, 11) is 3.88. The highest BCUT2D eigenvalue weighted by Gasteiger charge is 2.04. The maximum Gasteiger partial charge on any atom is 0.271 e. The van der Waals surface area contributed by atoms with Crippen LogP contribution in [0.3, 0.4) is 0 Å². The van der Waals surface area contributed by atoms with E-state index in [1.165, 1.54) is 6.21 Å². The van der Waals surface area contributed by atoms with Crippen LogP contribution in [0.1, 0.15) is 15.9 Å². The first-order valence-corrected chi connectivity index (χ1v) is 7.29. The molecule has 0 radical (unpaired) electrons. The fourth-order valence-corrected chi connectivity index (χ4v) is 2.04. The molecular formula is C16H15Cl2N3O. The first-order valence-electron chi connectivity index (χ1n) is 6.53. The number of rotatable bonds is 4. The lowest BCUT2D eigenvalue weighted by atomic mass is 10.2. The van der Waals surface area contributed by atoms with Crippen molar-refractivity contribution in [3.63, 3.8) is 0 Å². The van der Waals surface area contributed by atoms with Crippen molar-refractivity contribution >= 4 is 41.0 Å². The van der Waals surface area contributed by atoms with E-state index in [2.05, 4.69) is 10.5 Å². The number of nitrogens with zero attached hydrogens (tertiary/aromatic N) is 2. The number of hydrazone groups is 1. The second-order valence-corrected chi connectivity index (χ2v) is 5.63. The maximum atomic E-state index is 12.0. The van der Waals surface area contributed by atoms with E-state index in [-0.39, 0.29) is 5.91 Å². The zero-order chi connectivity index (χ0) is 16.1. The number of anilines is 1. The lowest BCUT2D eigenvalue weighted by molar-refractivity contribution is 0.0955. The number of hydrogen-bond donors (Lipinski definition) is 1. The predicted octanol–water partition coefficient (Wildman–Crippen LogP) is 3.82. The van der Waals surface area contributed by atoms with Crippen molar-refractivity contribution in [2.24, 2.45) is 5.10 Å². The van der Waals surface area contributed by atoms with Gasteiger partial charge in [0.25, 0.3) is 5.91 Å². The molecule has 2 rings (SSSR count). The summed E-state index contributed by atoms with van der Waals surface area (Å²) < 4.78 is 0. The molecule has 2 aromatic rings. The Kier molecular flexibility index (Phi) is 5.41. The molecule has 0 fully saturated rings. The number of carbonyl (C=O) groups excluding carboxylic acids is 1. The van der Waals surface area contributed by atoms with E-state index in [0.29, 0.717) is 15.6 Å². The zero-order valence-corrected chi connectivity index (χ0v) is 13.7. The van der Waals surface area contributed by atoms with E-state index >= 15 is 0 Å². The first-order chi connectivity index (χ1) is 10.5. The van der Waals surface area contributed by atoms with Crippen molar-refractivity contribution in [1.82, 2.24) is 5.43 Å². The van der Waals surface area contributed by atoms with Crippen LogP contribution in [0, 0.1) is 0 Å². The molecule has 4 nitrogen and oxygen atoms in total. The van der Waals surface area contributed by atoms with Gasteiger partial charge in [0.05, 0.1) is 16.3 Å². The largest absolute Gasteiger partial charge is 0.378 e. The van der Waals surface area contributed by atoms with Gasteiger partial charge >= 0.3 is 0 Å². The summed E-state index contributed by atoms with van der Waals surface area (Å²) in [6, 6.07) is 12.3. The molecule has 1 amide bonds. The van der Waals surface area contributed by atoms with Gasteiger partial charge in [-0.1, -0.05) is 29.3 Å². The fraction of sp³-hybridized carbons (Fsp3) is 0.125. The second-order valence-electron chi connectivity index (χ2n) is 4.81. The molecule has 0 bridgehead atoms. The Morgan fingerprint density at radius 2 is 1.77 bits per heavy atom. The van der Waals surface area contributed by atoms with Crippen molar-refractivity contribution in [1.29, 1.82) is 0 Å². The number of halogens is 2. The van der Waals surface area contributed by atoms with E-state index in [1.54, 1.807) is 30.3 Å².